The van der Waals surface area contributed by atoms with E-state index in [4.69, 9.17) is 0 Å². The summed E-state index contributed by atoms with van der Waals surface area (Å²) in [6.07, 6.45) is 2.83. The molecule has 96 valence electrons. The highest BCUT2D eigenvalue weighted by Crippen LogP contribution is 2.10. The van der Waals surface area contributed by atoms with E-state index < -0.39 is 6.03 Å². The Morgan fingerprint density at radius 3 is 2.37 bits per heavy atom. The Hall–Kier alpha value is -2.83. The lowest BCUT2D eigenvalue weighted by Gasteiger charge is -2.06. The van der Waals surface area contributed by atoms with Gasteiger partial charge < -0.3 is 5.32 Å². The highest BCUT2D eigenvalue weighted by molar-refractivity contribution is 5.99. The predicted molar refractivity (Wildman–Crippen MR) is 68.9 cm³/mol. The topological polar surface area (TPSA) is 96.9 Å². The van der Waals surface area contributed by atoms with Crippen LogP contribution in [0.1, 0.15) is 17.3 Å². The number of anilines is 2. The number of nitrogens with zero attached hydrogens (tertiary/aromatic N) is 3. The fourth-order valence-corrected chi connectivity index (χ4v) is 1.36. The molecule has 0 bridgehead atoms. The Morgan fingerprint density at radius 2 is 1.79 bits per heavy atom. The van der Waals surface area contributed by atoms with Crippen LogP contribution in [0.2, 0.25) is 0 Å². The van der Waals surface area contributed by atoms with E-state index in [0.29, 0.717) is 11.3 Å². The zero-order chi connectivity index (χ0) is 13.7. The number of benzene rings is 1. The maximum Gasteiger partial charge on any atom is 0.326 e. The van der Waals surface area contributed by atoms with Crippen LogP contribution in [0.25, 0.3) is 0 Å². The third-order valence-electron chi connectivity index (χ3n) is 2.26. The predicted octanol–water partition coefficient (Wildman–Crippen LogP) is 1.72. The summed E-state index contributed by atoms with van der Waals surface area (Å²) in [6.45, 7) is 1.48. The number of aromatic nitrogens is 3. The fourth-order valence-electron chi connectivity index (χ4n) is 1.36. The molecule has 2 aromatic rings. The highest BCUT2D eigenvalue weighted by Gasteiger charge is 2.05. The number of rotatable bonds is 3. The molecule has 0 saturated heterocycles. The molecule has 0 aliphatic rings. The number of ketones is 1. The highest BCUT2D eigenvalue weighted by atomic mass is 16.2. The van der Waals surface area contributed by atoms with Crippen LogP contribution in [0.4, 0.5) is 16.4 Å². The first-order valence-corrected chi connectivity index (χ1v) is 5.48. The molecule has 1 aromatic heterocycles. The van der Waals surface area contributed by atoms with Crippen LogP contribution in [-0.4, -0.2) is 27.0 Å². The molecular weight excluding hydrogens is 246 g/mol. The lowest BCUT2D eigenvalue weighted by Crippen LogP contribution is -2.21. The van der Waals surface area contributed by atoms with Crippen LogP contribution in [0.3, 0.4) is 0 Å². The SMILES string of the molecule is CC(=O)c1ccc(NC(=O)Nc2nccnn2)cc1. The normalized spacial score (nSPS) is 9.74. The van der Waals surface area contributed by atoms with E-state index in [1.165, 1.54) is 19.3 Å². The van der Waals surface area contributed by atoms with Gasteiger partial charge in [0.25, 0.3) is 5.95 Å². The minimum atomic E-state index is -0.483. The van der Waals surface area contributed by atoms with Crippen molar-refractivity contribution >= 4 is 23.5 Å². The maximum absolute atomic E-state index is 11.6. The molecule has 2 rings (SSSR count). The van der Waals surface area contributed by atoms with E-state index in [9.17, 15) is 9.59 Å². The lowest BCUT2D eigenvalue weighted by molar-refractivity contribution is 0.101. The summed E-state index contributed by atoms with van der Waals surface area (Å²) in [5.41, 5.74) is 1.15. The van der Waals surface area contributed by atoms with Gasteiger partial charge in [0.2, 0.25) is 0 Å². The minimum Gasteiger partial charge on any atom is -0.308 e. The second kappa shape index (κ2) is 5.67. The van der Waals surface area contributed by atoms with E-state index in [1.54, 1.807) is 24.3 Å². The van der Waals surface area contributed by atoms with Gasteiger partial charge in [0, 0.05) is 11.3 Å². The molecule has 2 amide bonds. The van der Waals surface area contributed by atoms with Crippen LogP contribution < -0.4 is 10.6 Å². The molecule has 0 saturated carbocycles. The van der Waals surface area contributed by atoms with Gasteiger partial charge in [-0.3, -0.25) is 10.1 Å². The van der Waals surface area contributed by atoms with Gasteiger partial charge in [0.1, 0.15) is 0 Å². The zero-order valence-corrected chi connectivity index (χ0v) is 10.1. The Labute approximate surface area is 109 Å². The van der Waals surface area contributed by atoms with Gasteiger partial charge in [0.15, 0.2) is 5.78 Å². The quantitative estimate of drug-likeness (QED) is 0.816. The van der Waals surface area contributed by atoms with Crippen molar-refractivity contribution in [2.45, 2.75) is 6.92 Å². The van der Waals surface area contributed by atoms with E-state index in [2.05, 4.69) is 25.8 Å². The van der Waals surface area contributed by atoms with E-state index in [1.807, 2.05) is 0 Å². The standard InChI is InChI=1S/C12H11N5O2/c1-8(18)9-2-4-10(5-3-9)15-12(19)16-11-13-6-7-14-17-11/h2-7H,1H3,(H2,13,15,16,17,19). The molecular formula is C12H11N5O2. The molecule has 0 atom stereocenters. The van der Waals surface area contributed by atoms with Crippen LogP contribution >= 0.6 is 0 Å². The Balaban J connectivity index is 1.97. The van der Waals surface area contributed by atoms with E-state index in [-0.39, 0.29) is 11.7 Å². The van der Waals surface area contributed by atoms with Gasteiger partial charge in [-0.25, -0.2) is 9.78 Å². The molecule has 2 N–H and O–H groups in total. The first kappa shape index (κ1) is 12.6. The third kappa shape index (κ3) is 3.56. The summed E-state index contributed by atoms with van der Waals surface area (Å²) in [7, 11) is 0. The lowest BCUT2D eigenvalue weighted by atomic mass is 10.1. The van der Waals surface area contributed by atoms with Crippen molar-refractivity contribution in [1.82, 2.24) is 15.2 Å². The van der Waals surface area contributed by atoms with Crippen molar-refractivity contribution in [3.63, 3.8) is 0 Å². The van der Waals surface area contributed by atoms with Crippen LogP contribution in [0.5, 0.6) is 0 Å². The number of carbonyl (C=O) groups excluding carboxylic acids is 2. The van der Waals surface area contributed by atoms with Gasteiger partial charge in [-0.05, 0) is 31.2 Å². The number of hydrogen-bond acceptors (Lipinski definition) is 5. The second-order valence-electron chi connectivity index (χ2n) is 3.68. The summed E-state index contributed by atoms with van der Waals surface area (Å²) in [5.74, 6) is 0.0834. The Bertz CT molecular complexity index is 583. The van der Waals surface area contributed by atoms with Crippen molar-refractivity contribution in [2.75, 3.05) is 10.6 Å². The first-order chi connectivity index (χ1) is 9.15. The van der Waals surface area contributed by atoms with Gasteiger partial charge >= 0.3 is 6.03 Å². The van der Waals surface area contributed by atoms with Gasteiger partial charge in [-0.2, -0.15) is 5.10 Å². The molecule has 0 aliphatic carbocycles. The van der Waals surface area contributed by atoms with Crippen molar-refractivity contribution in [2.24, 2.45) is 0 Å². The summed E-state index contributed by atoms with van der Waals surface area (Å²) in [6, 6.07) is 6.07. The van der Waals surface area contributed by atoms with Crippen molar-refractivity contribution < 1.29 is 9.59 Å². The number of hydrogen-bond donors (Lipinski definition) is 2. The molecule has 1 heterocycles. The summed E-state index contributed by atoms with van der Waals surface area (Å²) >= 11 is 0. The monoisotopic (exact) mass is 257 g/mol. The average Bonchev–Trinajstić information content (AvgIpc) is 2.40. The number of nitrogens with one attached hydrogen (secondary N) is 2. The first-order valence-electron chi connectivity index (χ1n) is 5.48. The van der Waals surface area contributed by atoms with Crippen molar-refractivity contribution in [1.29, 1.82) is 0 Å². The molecule has 19 heavy (non-hydrogen) atoms. The van der Waals surface area contributed by atoms with Crippen LogP contribution in [-0.2, 0) is 0 Å². The average molecular weight is 257 g/mol. The van der Waals surface area contributed by atoms with Crippen molar-refractivity contribution in [3.05, 3.63) is 42.2 Å². The maximum atomic E-state index is 11.6. The molecule has 0 fully saturated rings. The van der Waals surface area contributed by atoms with Gasteiger partial charge in [-0.15, -0.1) is 5.10 Å². The molecule has 0 radical (unpaired) electrons. The number of Topliss-reactive ketones (excluding diaryl/α,β-unsaturated/α-hetero) is 1. The van der Waals surface area contributed by atoms with E-state index >= 15 is 0 Å². The second-order valence-corrected chi connectivity index (χ2v) is 3.68. The smallest absolute Gasteiger partial charge is 0.308 e. The zero-order valence-electron chi connectivity index (χ0n) is 10.1. The van der Waals surface area contributed by atoms with Gasteiger partial charge in [0.05, 0.1) is 12.4 Å². The molecule has 7 nitrogen and oxygen atoms in total. The molecule has 0 aliphatic heterocycles. The van der Waals surface area contributed by atoms with E-state index in [0.717, 1.165) is 0 Å². The molecule has 0 unspecified atom stereocenters. The largest absolute Gasteiger partial charge is 0.326 e. The Morgan fingerprint density at radius 1 is 1.05 bits per heavy atom. The Kier molecular flexibility index (Phi) is 3.77. The molecule has 1 aromatic carbocycles. The summed E-state index contributed by atoms with van der Waals surface area (Å²) in [4.78, 5) is 26.5. The number of carbonyl (C=O) groups is 2. The minimum absolute atomic E-state index is 0.0280. The molecule has 0 spiro atoms. The number of amides is 2. The fraction of sp³-hybridized carbons (Fsp3) is 0.0833. The number of urea groups is 1. The van der Waals surface area contributed by atoms with Crippen LogP contribution in [0, 0.1) is 0 Å². The van der Waals surface area contributed by atoms with Gasteiger partial charge in [-0.1, -0.05) is 0 Å². The summed E-state index contributed by atoms with van der Waals surface area (Å²) < 4.78 is 0. The molecule has 7 heteroatoms. The summed E-state index contributed by atoms with van der Waals surface area (Å²) in [5, 5.41) is 12.2. The third-order valence-corrected chi connectivity index (χ3v) is 2.26. The van der Waals surface area contributed by atoms with Crippen LogP contribution in [0.15, 0.2) is 36.7 Å². The van der Waals surface area contributed by atoms with Crippen molar-refractivity contribution in [3.8, 4) is 0 Å².